The van der Waals surface area contributed by atoms with Gasteiger partial charge in [-0.05, 0) is 30.5 Å². The number of anilines is 1. The van der Waals surface area contributed by atoms with Gasteiger partial charge in [-0.1, -0.05) is 19.9 Å². The number of alkyl halides is 3. The van der Waals surface area contributed by atoms with Crippen LogP contribution >= 0.6 is 0 Å². The van der Waals surface area contributed by atoms with E-state index in [2.05, 4.69) is 0 Å². The Morgan fingerprint density at radius 3 is 2.11 bits per heavy atom. The maximum Gasteiger partial charge on any atom is 0.416 e. The molecule has 0 unspecified atom stereocenters. The van der Waals surface area contributed by atoms with Gasteiger partial charge < -0.3 is 10.6 Å². The van der Waals surface area contributed by atoms with E-state index in [0.29, 0.717) is 5.69 Å². The third-order valence-corrected chi connectivity index (χ3v) is 2.96. The van der Waals surface area contributed by atoms with Gasteiger partial charge >= 0.3 is 6.18 Å². The van der Waals surface area contributed by atoms with Gasteiger partial charge in [0.15, 0.2) is 0 Å². The number of nitrogens with zero attached hydrogens (tertiary/aromatic N) is 1. The zero-order chi connectivity index (χ0) is 14.5. The van der Waals surface area contributed by atoms with Crippen molar-refractivity contribution in [2.75, 3.05) is 18.0 Å². The first-order valence-electron chi connectivity index (χ1n) is 6.59. The molecule has 0 atom stereocenters. The maximum atomic E-state index is 12.8. The third kappa shape index (κ3) is 4.13. The lowest BCUT2D eigenvalue weighted by atomic mass is 10.1. The largest absolute Gasteiger partial charge is 0.416 e. The Bertz CT molecular complexity index is 396. The molecular formula is C14H21F3N2. The molecule has 1 rings (SSSR count). The molecule has 2 nitrogen and oxygen atoms in total. The molecule has 5 heteroatoms. The lowest BCUT2D eigenvalue weighted by Crippen LogP contribution is -2.27. The summed E-state index contributed by atoms with van der Waals surface area (Å²) < 4.78 is 38.4. The van der Waals surface area contributed by atoms with Crippen molar-refractivity contribution in [3.63, 3.8) is 0 Å². The zero-order valence-corrected chi connectivity index (χ0v) is 11.4. The molecule has 0 amide bonds. The van der Waals surface area contributed by atoms with Gasteiger partial charge in [-0.15, -0.1) is 0 Å². The molecule has 0 bridgehead atoms. The molecule has 108 valence electrons. The molecule has 0 aliphatic carbocycles. The molecule has 0 aliphatic heterocycles. The molecule has 2 N–H and O–H groups in total. The van der Waals surface area contributed by atoms with E-state index in [1.165, 1.54) is 12.1 Å². The fourth-order valence-corrected chi connectivity index (χ4v) is 2.10. The molecule has 0 spiro atoms. The lowest BCUT2D eigenvalue weighted by Gasteiger charge is -2.27. The normalized spacial score (nSPS) is 11.7. The Labute approximate surface area is 112 Å². The number of benzene rings is 1. The summed E-state index contributed by atoms with van der Waals surface area (Å²) >= 11 is 0. The quantitative estimate of drug-likeness (QED) is 0.855. The van der Waals surface area contributed by atoms with E-state index in [9.17, 15) is 13.2 Å². The molecule has 0 aromatic heterocycles. The summed E-state index contributed by atoms with van der Waals surface area (Å²) in [6, 6.07) is 3.80. The Hall–Kier alpha value is -1.23. The van der Waals surface area contributed by atoms with E-state index < -0.39 is 11.7 Å². The number of hydrogen-bond donors (Lipinski definition) is 1. The molecule has 0 saturated heterocycles. The summed E-state index contributed by atoms with van der Waals surface area (Å²) in [5.74, 6) is 0. The van der Waals surface area contributed by atoms with Gasteiger partial charge in [0, 0.05) is 25.3 Å². The van der Waals surface area contributed by atoms with E-state index in [0.717, 1.165) is 37.6 Å². The van der Waals surface area contributed by atoms with Gasteiger partial charge in [-0.3, -0.25) is 0 Å². The minimum Gasteiger partial charge on any atom is -0.371 e. The number of hydrogen-bond acceptors (Lipinski definition) is 2. The first kappa shape index (κ1) is 15.8. The van der Waals surface area contributed by atoms with E-state index in [1.807, 2.05) is 18.7 Å². The standard InChI is InChI=1S/C14H21F3N2/c1-3-7-19(8-4-2)13-9-12(14(15,16)17)6-5-11(13)10-18/h5-6,9H,3-4,7-8,10,18H2,1-2H3. The van der Waals surface area contributed by atoms with E-state index in [4.69, 9.17) is 5.73 Å². The topological polar surface area (TPSA) is 29.3 Å². The second kappa shape index (κ2) is 6.80. The van der Waals surface area contributed by atoms with Crippen LogP contribution in [0.15, 0.2) is 18.2 Å². The average Bonchev–Trinajstić information content (AvgIpc) is 2.36. The van der Waals surface area contributed by atoms with Gasteiger partial charge in [-0.2, -0.15) is 13.2 Å². The van der Waals surface area contributed by atoms with Crippen LogP contribution in [0.2, 0.25) is 0 Å². The van der Waals surface area contributed by atoms with Crippen LogP contribution in [-0.2, 0) is 12.7 Å². The second-order valence-electron chi connectivity index (χ2n) is 4.53. The van der Waals surface area contributed by atoms with Crippen LogP contribution in [0.3, 0.4) is 0 Å². The molecule has 19 heavy (non-hydrogen) atoms. The number of halogens is 3. The lowest BCUT2D eigenvalue weighted by molar-refractivity contribution is -0.137. The zero-order valence-electron chi connectivity index (χ0n) is 11.4. The van der Waals surface area contributed by atoms with Crippen molar-refractivity contribution in [3.05, 3.63) is 29.3 Å². The Morgan fingerprint density at radius 1 is 1.11 bits per heavy atom. The van der Waals surface area contributed by atoms with Crippen LogP contribution in [0.1, 0.15) is 37.8 Å². The van der Waals surface area contributed by atoms with Crippen LogP contribution in [0.4, 0.5) is 18.9 Å². The summed E-state index contributed by atoms with van der Waals surface area (Å²) in [4.78, 5) is 1.98. The molecule has 1 aromatic carbocycles. The van der Waals surface area contributed by atoms with Crippen LogP contribution in [0.5, 0.6) is 0 Å². The van der Waals surface area contributed by atoms with Crippen LogP contribution in [-0.4, -0.2) is 13.1 Å². The molecule has 1 aromatic rings. The number of rotatable bonds is 6. The van der Waals surface area contributed by atoms with E-state index in [1.54, 1.807) is 0 Å². The van der Waals surface area contributed by atoms with E-state index >= 15 is 0 Å². The minimum atomic E-state index is -4.31. The van der Waals surface area contributed by atoms with E-state index in [-0.39, 0.29) is 6.54 Å². The summed E-state index contributed by atoms with van der Waals surface area (Å²) in [5.41, 5.74) is 6.39. The Balaban J connectivity index is 3.19. The van der Waals surface area contributed by atoms with Crippen LogP contribution < -0.4 is 10.6 Å². The molecule has 0 radical (unpaired) electrons. The highest BCUT2D eigenvalue weighted by molar-refractivity contribution is 5.56. The Kier molecular flexibility index (Phi) is 5.66. The maximum absolute atomic E-state index is 12.8. The van der Waals surface area contributed by atoms with Crippen LogP contribution in [0, 0.1) is 0 Å². The predicted octanol–water partition coefficient (Wildman–Crippen LogP) is 3.79. The van der Waals surface area contributed by atoms with Crippen molar-refractivity contribution in [1.29, 1.82) is 0 Å². The minimum absolute atomic E-state index is 0.247. The summed E-state index contributed by atoms with van der Waals surface area (Å²) in [6.07, 6.45) is -2.54. The summed E-state index contributed by atoms with van der Waals surface area (Å²) in [5, 5.41) is 0. The second-order valence-corrected chi connectivity index (χ2v) is 4.53. The van der Waals surface area contributed by atoms with Crippen molar-refractivity contribution >= 4 is 5.69 Å². The highest BCUT2D eigenvalue weighted by atomic mass is 19.4. The SMILES string of the molecule is CCCN(CCC)c1cc(C(F)(F)F)ccc1CN. The molecule has 0 fully saturated rings. The van der Waals surface area contributed by atoms with Gasteiger partial charge in [0.05, 0.1) is 5.56 Å². The molecule has 0 aliphatic rings. The fourth-order valence-electron chi connectivity index (χ4n) is 2.10. The smallest absolute Gasteiger partial charge is 0.371 e. The van der Waals surface area contributed by atoms with Gasteiger partial charge in [-0.25, -0.2) is 0 Å². The van der Waals surface area contributed by atoms with Crippen LogP contribution in [0.25, 0.3) is 0 Å². The fraction of sp³-hybridized carbons (Fsp3) is 0.571. The summed E-state index contributed by atoms with van der Waals surface area (Å²) in [7, 11) is 0. The molecule has 0 saturated carbocycles. The molecule has 0 heterocycles. The predicted molar refractivity (Wildman–Crippen MR) is 72.1 cm³/mol. The highest BCUT2D eigenvalue weighted by Gasteiger charge is 2.31. The number of nitrogens with two attached hydrogens (primary N) is 1. The van der Waals surface area contributed by atoms with Gasteiger partial charge in [0.1, 0.15) is 0 Å². The van der Waals surface area contributed by atoms with Gasteiger partial charge in [0.2, 0.25) is 0 Å². The van der Waals surface area contributed by atoms with Gasteiger partial charge in [0.25, 0.3) is 0 Å². The van der Waals surface area contributed by atoms with Crippen molar-refractivity contribution in [3.8, 4) is 0 Å². The van der Waals surface area contributed by atoms with Crippen molar-refractivity contribution in [1.82, 2.24) is 0 Å². The molecular weight excluding hydrogens is 253 g/mol. The first-order chi connectivity index (χ1) is 8.93. The average molecular weight is 274 g/mol. The van der Waals surface area contributed by atoms with Crippen molar-refractivity contribution in [2.45, 2.75) is 39.4 Å². The third-order valence-electron chi connectivity index (χ3n) is 2.96. The van der Waals surface area contributed by atoms with Crippen molar-refractivity contribution in [2.24, 2.45) is 5.73 Å². The summed E-state index contributed by atoms with van der Waals surface area (Å²) in [6.45, 7) is 5.75. The van der Waals surface area contributed by atoms with Crippen molar-refractivity contribution < 1.29 is 13.2 Å². The highest BCUT2D eigenvalue weighted by Crippen LogP contribution is 2.33. The Morgan fingerprint density at radius 2 is 1.68 bits per heavy atom. The first-order valence-corrected chi connectivity index (χ1v) is 6.59. The monoisotopic (exact) mass is 274 g/mol.